The third-order valence-corrected chi connectivity index (χ3v) is 3.29. The maximum atomic E-state index is 12.1. The van der Waals surface area contributed by atoms with Gasteiger partial charge in [-0.05, 0) is 48.6 Å². The van der Waals surface area contributed by atoms with Gasteiger partial charge in [-0.15, -0.1) is 5.10 Å². The minimum absolute atomic E-state index is 0.0855. The second-order valence-electron chi connectivity index (χ2n) is 4.75. The van der Waals surface area contributed by atoms with Crippen molar-refractivity contribution < 1.29 is 9.53 Å². The fourth-order valence-electron chi connectivity index (χ4n) is 2.09. The molecule has 1 aromatic heterocycles. The van der Waals surface area contributed by atoms with Gasteiger partial charge in [-0.2, -0.15) is 5.10 Å². The van der Waals surface area contributed by atoms with E-state index in [1.807, 2.05) is 30.3 Å². The molecule has 3 rings (SSSR count). The Kier molecular flexibility index (Phi) is 3.92. The van der Waals surface area contributed by atoms with Gasteiger partial charge in [0.2, 0.25) is 0 Å². The summed E-state index contributed by atoms with van der Waals surface area (Å²) in [5.74, 6) is 0.638. The van der Waals surface area contributed by atoms with Crippen LogP contribution in [0.3, 0.4) is 0 Å². The molecule has 0 amide bonds. The first kappa shape index (κ1) is 13.9. The van der Waals surface area contributed by atoms with Gasteiger partial charge in [-0.1, -0.05) is 18.2 Å². The Balaban J connectivity index is 1.80. The van der Waals surface area contributed by atoms with Crippen molar-refractivity contribution in [2.45, 2.75) is 0 Å². The Morgan fingerprint density at radius 3 is 2.59 bits per heavy atom. The average Bonchev–Trinajstić information content (AvgIpc) is 2.59. The number of aromatic nitrogens is 2. The maximum Gasteiger partial charge on any atom is 0.185 e. The quantitative estimate of drug-likeness (QED) is 0.545. The number of methoxy groups -OCH3 is 1. The van der Waals surface area contributed by atoms with Crippen LogP contribution in [0.25, 0.3) is 17.0 Å². The normalized spacial score (nSPS) is 11.0. The zero-order valence-corrected chi connectivity index (χ0v) is 12.1. The molecule has 0 aliphatic carbocycles. The Morgan fingerprint density at radius 2 is 1.82 bits per heavy atom. The highest BCUT2D eigenvalue weighted by Gasteiger charge is 2.02. The molecule has 4 heteroatoms. The van der Waals surface area contributed by atoms with Crippen molar-refractivity contribution in [3.8, 4) is 5.75 Å². The van der Waals surface area contributed by atoms with Crippen LogP contribution in [-0.4, -0.2) is 23.1 Å². The molecule has 0 N–H and O–H groups in total. The van der Waals surface area contributed by atoms with E-state index >= 15 is 0 Å². The molecule has 0 bridgehead atoms. The molecule has 4 nitrogen and oxygen atoms in total. The highest BCUT2D eigenvalue weighted by atomic mass is 16.5. The van der Waals surface area contributed by atoms with Gasteiger partial charge in [0.05, 0.1) is 18.3 Å². The van der Waals surface area contributed by atoms with Crippen molar-refractivity contribution in [2.24, 2.45) is 0 Å². The standard InChI is InChI=1S/C18H14N2O2/c1-22-16-9-6-13(7-10-16)18(21)11-8-15-12-14-4-2-3-5-17(14)20-19-15/h2-12H,1H3/b11-8+. The summed E-state index contributed by atoms with van der Waals surface area (Å²) < 4.78 is 5.07. The van der Waals surface area contributed by atoms with E-state index in [1.54, 1.807) is 37.5 Å². The fraction of sp³-hybridized carbons (Fsp3) is 0.0556. The van der Waals surface area contributed by atoms with Crippen LogP contribution in [0.5, 0.6) is 5.75 Å². The summed E-state index contributed by atoms with van der Waals surface area (Å²) in [5.41, 5.74) is 2.09. The molecule has 0 unspecified atom stereocenters. The molecule has 0 radical (unpaired) electrons. The minimum Gasteiger partial charge on any atom is -0.497 e. The van der Waals surface area contributed by atoms with Gasteiger partial charge in [0, 0.05) is 10.9 Å². The molecule has 0 fully saturated rings. The Labute approximate surface area is 128 Å². The molecule has 0 saturated carbocycles. The van der Waals surface area contributed by atoms with Gasteiger partial charge >= 0.3 is 0 Å². The largest absolute Gasteiger partial charge is 0.497 e. The van der Waals surface area contributed by atoms with E-state index in [0.29, 0.717) is 11.3 Å². The number of ether oxygens (including phenoxy) is 1. The van der Waals surface area contributed by atoms with Crippen molar-refractivity contribution >= 4 is 22.8 Å². The van der Waals surface area contributed by atoms with Crippen LogP contribution in [0.2, 0.25) is 0 Å². The van der Waals surface area contributed by atoms with Crippen LogP contribution in [0.1, 0.15) is 16.1 Å². The maximum absolute atomic E-state index is 12.1. The predicted molar refractivity (Wildman–Crippen MR) is 85.9 cm³/mol. The summed E-state index contributed by atoms with van der Waals surface area (Å²) in [6, 6.07) is 16.6. The molecule has 0 aliphatic rings. The molecular weight excluding hydrogens is 276 g/mol. The van der Waals surface area contributed by atoms with Crippen molar-refractivity contribution in [3.05, 3.63) is 71.9 Å². The molecule has 0 saturated heterocycles. The summed E-state index contributed by atoms with van der Waals surface area (Å²) in [6.07, 6.45) is 3.17. The number of benzene rings is 2. The molecular formula is C18H14N2O2. The minimum atomic E-state index is -0.0855. The predicted octanol–water partition coefficient (Wildman–Crippen LogP) is 3.53. The lowest BCUT2D eigenvalue weighted by Gasteiger charge is -2.00. The number of carbonyl (C=O) groups excluding carboxylic acids is 1. The van der Waals surface area contributed by atoms with Crippen molar-refractivity contribution in [2.75, 3.05) is 7.11 Å². The van der Waals surface area contributed by atoms with Crippen LogP contribution < -0.4 is 4.74 Å². The highest BCUT2D eigenvalue weighted by molar-refractivity contribution is 6.06. The zero-order chi connectivity index (χ0) is 15.4. The molecule has 1 heterocycles. The lowest BCUT2D eigenvalue weighted by atomic mass is 10.1. The van der Waals surface area contributed by atoms with E-state index in [2.05, 4.69) is 10.2 Å². The van der Waals surface area contributed by atoms with Crippen LogP contribution in [-0.2, 0) is 0 Å². The van der Waals surface area contributed by atoms with E-state index in [1.165, 1.54) is 6.08 Å². The van der Waals surface area contributed by atoms with Crippen LogP contribution in [0.4, 0.5) is 0 Å². The van der Waals surface area contributed by atoms with Crippen LogP contribution in [0, 0.1) is 0 Å². The summed E-state index contributed by atoms with van der Waals surface area (Å²) in [5, 5.41) is 9.21. The molecule has 22 heavy (non-hydrogen) atoms. The molecule has 0 aliphatic heterocycles. The van der Waals surface area contributed by atoms with E-state index in [9.17, 15) is 4.79 Å². The summed E-state index contributed by atoms with van der Waals surface area (Å²) in [7, 11) is 1.59. The highest BCUT2D eigenvalue weighted by Crippen LogP contribution is 2.14. The average molecular weight is 290 g/mol. The number of nitrogens with zero attached hydrogens (tertiary/aromatic N) is 2. The number of rotatable bonds is 4. The number of allylic oxidation sites excluding steroid dienone is 1. The smallest absolute Gasteiger partial charge is 0.185 e. The topological polar surface area (TPSA) is 52.1 Å². The third kappa shape index (κ3) is 3.01. The molecule has 0 atom stereocenters. The van der Waals surface area contributed by atoms with Crippen molar-refractivity contribution in [1.29, 1.82) is 0 Å². The number of hydrogen-bond acceptors (Lipinski definition) is 4. The van der Waals surface area contributed by atoms with Gasteiger partial charge in [-0.25, -0.2) is 0 Å². The van der Waals surface area contributed by atoms with E-state index in [-0.39, 0.29) is 5.78 Å². The monoisotopic (exact) mass is 290 g/mol. The summed E-state index contributed by atoms with van der Waals surface area (Å²) in [6.45, 7) is 0. The Hall–Kier alpha value is -3.01. The molecule has 108 valence electrons. The fourth-order valence-corrected chi connectivity index (χ4v) is 2.09. The summed E-state index contributed by atoms with van der Waals surface area (Å²) >= 11 is 0. The van der Waals surface area contributed by atoms with Crippen LogP contribution in [0.15, 0.2) is 60.7 Å². The van der Waals surface area contributed by atoms with Crippen molar-refractivity contribution in [3.63, 3.8) is 0 Å². The van der Waals surface area contributed by atoms with Crippen molar-refractivity contribution in [1.82, 2.24) is 10.2 Å². The number of ketones is 1. The van der Waals surface area contributed by atoms with E-state index in [0.717, 1.165) is 16.7 Å². The zero-order valence-electron chi connectivity index (χ0n) is 12.1. The van der Waals surface area contributed by atoms with Gasteiger partial charge in [0.25, 0.3) is 0 Å². The molecule has 0 spiro atoms. The molecule has 2 aromatic carbocycles. The number of fused-ring (bicyclic) bond motifs is 1. The molecule has 3 aromatic rings. The van der Waals surface area contributed by atoms with Crippen LogP contribution >= 0.6 is 0 Å². The second-order valence-corrected chi connectivity index (χ2v) is 4.75. The lowest BCUT2D eigenvalue weighted by molar-refractivity contribution is 0.104. The second kappa shape index (κ2) is 6.18. The summed E-state index contributed by atoms with van der Waals surface area (Å²) in [4.78, 5) is 12.1. The first-order valence-corrected chi connectivity index (χ1v) is 6.85. The van der Waals surface area contributed by atoms with E-state index < -0.39 is 0 Å². The lowest BCUT2D eigenvalue weighted by Crippen LogP contribution is -1.95. The Bertz CT molecular complexity index is 839. The van der Waals surface area contributed by atoms with E-state index in [4.69, 9.17) is 4.74 Å². The Morgan fingerprint density at radius 1 is 1.05 bits per heavy atom. The third-order valence-electron chi connectivity index (χ3n) is 3.29. The van der Waals surface area contributed by atoms with Gasteiger partial charge in [-0.3, -0.25) is 4.79 Å². The van der Waals surface area contributed by atoms with Gasteiger partial charge in [0.15, 0.2) is 5.78 Å². The SMILES string of the molecule is COc1ccc(C(=O)/C=C/c2cc3ccccc3nn2)cc1. The number of hydrogen-bond donors (Lipinski definition) is 0. The first-order chi connectivity index (χ1) is 10.8. The van der Waals surface area contributed by atoms with Gasteiger partial charge in [0.1, 0.15) is 5.75 Å². The first-order valence-electron chi connectivity index (χ1n) is 6.85. The van der Waals surface area contributed by atoms with Gasteiger partial charge < -0.3 is 4.74 Å². The number of carbonyl (C=O) groups is 1.